The second kappa shape index (κ2) is 3.28. The molecule has 0 saturated carbocycles. The van der Waals surface area contributed by atoms with Crippen LogP contribution in [0, 0.1) is 0 Å². The van der Waals surface area contributed by atoms with Gasteiger partial charge in [0, 0.05) is 5.57 Å². The maximum atomic E-state index is 5.58. The summed E-state index contributed by atoms with van der Waals surface area (Å²) < 4.78 is 11.0. The van der Waals surface area contributed by atoms with Crippen LogP contribution in [-0.4, -0.2) is 19.0 Å². The van der Waals surface area contributed by atoms with E-state index in [1.54, 1.807) is 0 Å². The van der Waals surface area contributed by atoms with Crippen LogP contribution in [0.25, 0.3) is 0 Å². The first-order chi connectivity index (χ1) is 5.86. The molecule has 0 aromatic rings. The second-order valence-electron chi connectivity index (χ2n) is 3.06. The Morgan fingerprint density at radius 2 is 2.50 bits per heavy atom. The van der Waals surface area contributed by atoms with Crippen LogP contribution in [0.4, 0.5) is 0 Å². The Morgan fingerprint density at radius 1 is 1.58 bits per heavy atom. The standard InChI is InChI=1S/C10H12O2/c1-8-6-7-11-10(12-8)9-4-2-3-5-9/h2-4,8,10H,6-7H2,1H3/t8-,10?/m1/s1. The Morgan fingerprint density at radius 3 is 3.17 bits per heavy atom. The van der Waals surface area contributed by atoms with Crippen molar-refractivity contribution >= 4 is 0 Å². The van der Waals surface area contributed by atoms with E-state index in [9.17, 15) is 0 Å². The molecule has 2 nitrogen and oxygen atoms in total. The molecule has 0 bridgehead atoms. The molecular formula is C10H12O2. The Kier molecular flexibility index (Phi) is 2.13. The van der Waals surface area contributed by atoms with E-state index in [0.29, 0.717) is 6.10 Å². The number of hydrogen-bond donors (Lipinski definition) is 0. The maximum absolute atomic E-state index is 5.58. The van der Waals surface area contributed by atoms with Crippen LogP contribution in [-0.2, 0) is 9.47 Å². The van der Waals surface area contributed by atoms with Crippen molar-refractivity contribution in [3.05, 3.63) is 29.5 Å². The Bertz CT molecular complexity index is 259. The predicted octanol–water partition coefficient (Wildman–Crippen LogP) is 1.79. The quantitative estimate of drug-likeness (QED) is 0.550. The molecule has 1 saturated heterocycles. The summed E-state index contributed by atoms with van der Waals surface area (Å²) in [6, 6.07) is 0. The van der Waals surface area contributed by atoms with Crippen molar-refractivity contribution in [1.29, 1.82) is 0 Å². The van der Waals surface area contributed by atoms with Crippen molar-refractivity contribution in [2.45, 2.75) is 25.7 Å². The molecule has 1 heterocycles. The highest BCUT2D eigenvalue weighted by Gasteiger charge is 2.22. The summed E-state index contributed by atoms with van der Waals surface area (Å²) in [7, 11) is 0. The van der Waals surface area contributed by atoms with E-state index in [1.165, 1.54) is 0 Å². The van der Waals surface area contributed by atoms with E-state index in [0.717, 1.165) is 18.6 Å². The molecule has 0 aromatic heterocycles. The summed E-state index contributed by atoms with van der Waals surface area (Å²) in [4.78, 5) is 0. The van der Waals surface area contributed by atoms with Crippen LogP contribution in [0.5, 0.6) is 0 Å². The number of allylic oxidation sites excluding steroid dienone is 1. The molecule has 1 aliphatic heterocycles. The fourth-order valence-corrected chi connectivity index (χ4v) is 1.31. The minimum atomic E-state index is -0.191. The van der Waals surface area contributed by atoms with Gasteiger partial charge in [-0.15, -0.1) is 5.73 Å². The first kappa shape index (κ1) is 7.81. The smallest absolute Gasteiger partial charge is 0.191 e. The highest BCUT2D eigenvalue weighted by molar-refractivity contribution is 5.30. The highest BCUT2D eigenvalue weighted by Crippen LogP contribution is 2.19. The van der Waals surface area contributed by atoms with Gasteiger partial charge in [0.25, 0.3) is 0 Å². The topological polar surface area (TPSA) is 18.5 Å². The first-order valence-electron chi connectivity index (χ1n) is 4.26. The van der Waals surface area contributed by atoms with E-state index in [1.807, 2.05) is 18.2 Å². The van der Waals surface area contributed by atoms with Gasteiger partial charge in [-0.1, -0.05) is 6.08 Å². The van der Waals surface area contributed by atoms with Crippen LogP contribution >= 0.6 is 0 Å². The Hall–Kier alpha value is -0.820. The van der Waals surface area contributed by atoms with Crippen LogP contribution in [0.2, 0.25) is 0 Å². The van der Waals surface area contributed by atoms with Gasteiger partial charge in [0.1, 0.15) is 0 Å². The molecule has 0 radical (unpaired) electrons. The third-order valence-electron chi connectivity index (χ3n) is 2.03. The molecule has 1 aliphatic carbocycles. The van der Waals surface area contributed by atoms with Crippen molar-refractivity contribution in [3.8, 4) is 0 Å². The van der Waals surface area contributed by atoms with Gasteiger partial charge in [-0.25, -0.2) is 0 Å². The molecule has 0 amide bonds. The van der Waals surface area contributed by atoms with E-state index in [4.69, 9.17) is 9.47 Å². The van der Waals surface area contributed by atoms with E-state index >= 15 is 0 Å². The number of rotatable bonds is 1. The molecule has 2 atom stereocenters. The van der Waals surface area contributed by atoms with Crippen LogP contribution in [0.3, 0.4) is 0 Å². The summed E-state index contributed by atoms with van der Waals surface area (Å²) in [6.45, 7) is 2.85. The van der Waals surface area contributed by atoms with Gasteiger partial charge >= 0.3 is 0 Å². The molecule has 0 N–H and O–H groups in total. The largest absolute Gasteiger partial charge is 0.348 e. The number of ether oxygens (including phenoxy) is 2. The number of hydrogen-bond acceptors (Lipinski definition) is 2. The second-order valence-corrected chi connectivity index (χ2v) is 3.06. The van der Waals surface area contributed by atoms with Crippen molar-refractivity contribution in [2.24, 2.45) is 0 Å². The van der Waals surface area contributed by atoms with E-state index in [2.05, 4.69) is 12.7 Å². The molecule has 2 rings (SSSR count). The molecule has 2 heteroatoms. The van der Waals surface area contributed by atoms with Crippen molar-refractivity contribution < 1.29 is 9.47 Å². The minimum absolute atomic E-state index is 0.191. The fraction of sp³-hybridized carbons (Fsp3) is 0.500. The molecule has 2 aliphatic rings. The lowest BCUT2D eigenvalue weighted by Crippen LogP contribution is -2.31. The lowest BCUT2D eigenvalue weighted by atomic mass is 10.2. The van der Waals surface area contributed by atoms with Crippen molar-refractivity contribution in [3.63, 3.8) is 0 Å². The van der Waals surface area contributed by atoms with Gasteiger partial charge in [-0.3, -0.25) is 0 Å². The molecule has 1 unspecified atom stereocenters. The zero-order chi connectivity index (χ0) is 8.39. The summed E-state index contributed by atoms with van der Waals surface area (Å²) in [6.07, 6.45) is 6.89. The summed E-state index contributed by atoms with van der Waals surface area (Å²) in [5.74, 6) is 0. The minimum Gasteiger partial charge on any atom is -0.348 e. The molecule has 0 spiro atoms. The normalized spacial score (nSPS) is 33.9. The lowest BCUT2D eigenvalue weighted by Gasteiger charge is -2.27. The SMILES string of the molecule is C[C@@H]1CCOC(C2=C=CC=C2)O1. The fourth-order valence-electron chi connectivity index (χ4n) is 1.31. The van der Waals surface area contributed by atoms with Crippen molar-refractivity contribution in [1.82, 2.24) is 0 Å². The monoisotopic (exact) mass is 164 g/mol. The van der Waals surface area contributed by atoms with Crippen LogP contribution in [0.15, 0.2) is 29.5 Å². The van der Waals surface area contributed by atoms with Gasteiger partial charge < -0.3 is 9.47 Å². The van der Waals surface area contributed by atoms with Gasteiger partial charge in [-0.2, -0.15) is 0 Å². The Balaban J connectivity index is 2.04. The van der Waals surface area contributed by atoms with Crippen molar-refractivity contribution in [2.75, 3.05) is 6.61 Å². The summed E-state index contributed by atoms with van der Waals surface area (Å²) in [5, 5.41) is 0. The molecule has 12 heavy (non-hydrogen) atoms. The van der Waals surface area contributed by atoms with Gasteiger partial charge in [0.15, 0.2) is 6.29 Å². The lowest BCUT2D eigenvalue weighted by molar-refractivity contribution is -0.185. The van der Waals surface area contributed by atoms with Gasteiger partial charge in [0.05, 0.1) is 12.7 Å². The zero-order valence-corrected chi connectivity index (χ0v) is 7.12. The van der Waals surface area contributed by atoms with E-state index < -0.39 is 0 Å². The summed E-state index contributed by atoms with van der Waals surface area (Å²) >= 11 is 0. The molecule has 64 valence electrons. The summed E-state index contributed by atoms with van der Waals surface area (Å²) in [5.41, 5.74) is 4.08. The average Bonchev–Trinajstić information content (AvgIpc) is 2.56. The third kappa shape index (κ3) is 1.51. The predicted molar refractivity (Wildman–Crippen MR) is 45.6 cm³/mol. The zero-order valence-electron chi connectivity index (χ0n) is 7.12. The van der Waals surface area contributed by atoms with Crippen LogP contribution < -0.4 is 0 Å². The molecule has 0 aromatic carbocycles. The highest BCUT2D eigenvalue weighted by atomic mass is 16.7. The maximum Gasteiger partial charge on any atom is 0.191 e. The third-order valence-corrected chi connectivity index (χ3v) is 2.03. The first-order valence-corrected chi connectivity index (χ1v) is 4.26. The van der Waals surface area contributed by atoms with Crippen LogP contribution in [0.1, 0.15) is 13.3 Å². The van der Waals surface area contributed by atoms with Gasteiger partial charge in [0.2, 0.25) is 0 Å². The molecule has 1 fully saturated rings. The van der Waals surface area contributed by atoms with E-state index in [-0.39, 0.29) is 6.29 Å². The van der Waals surface area contributed by atoms with Gasteiger partial charge in [-0.05, 0) is 25.5 Å². The Labute approximate surface area is 72.2 Å². The average molecular weight is 164 g/mol. The molecular weight excluding hydrogens is 152 g/mol.